The van der Waals surface area contributed by atoms with Crippen molar-refractivity contribution in [3.63, 3.8) is 0 Å². The van der Waals surface area contributed by atoms with E-state index in [4.69, 9.17) is 18.6 Å². The predicted molar refractivity (Wildman–Crippen MR) is 253 cm³/mol. The lowest BCUT2D eigenvalue weighted by atomic mass is 9.96. The number of aromatic nitrogens is 1. The number of methoxy groups -OCH3 is 3. The number of hydrogen-bond donors (Lipinski definition) is 0. The topological polar surface area (TPSA) is 243 Å². The summed E-state index contributed by atoms with van der Waals surface area (Å²) in [6, 6.07) is 9.51. The van der Waals surface area contributed by atoms with E-state index >= 15 is 0 Å². The normalized spacial score (nSPS) is 23.6. The van der Waals surface area contributed by atoms with Crippen LogP contribution in [-0.2, 0) is 91.0 Å². The molecule has 9 heterocycles. The number of aryl methyl sites for hydroxylation is 1. The number of fused-ring (bicyclic) bond motifs is 15. The highest BCUT2D eigenvalue weighted by molar-refractivity contribution is 6.08. The smallest absolute Gasteiger partial charge is 0.419 e. The van der Waals surface area contributed by atoms with Gasteiger partial charge < -0.3 is 42.6 Å². The predicted octanol–water partition coefficient (Wildman–Crippen LogP) is 4.70. The molecule has 8 aliphatic heterocycles. The van der Waals surface area contributed by atoms with Crippen molar-refractivity contribution < 1.29 is 80.0 Å². The summed E-state index contributed by atoms with van der Waals surface area (Å²) in [5.74, 6) is -6.36. The third-order valence-electron chi connectivity index (χ3n) is 15.2. The number of anilines is 5. The van der Waals surface area contributed by atoms with Gasteiger partial charge in [-0.25, -0.2) is 19.2 Å². The van der Waals surface area contributed by atoms with Crippen molar-refractivity contribution in [3.05, 3.63) is 74.8 Å². The van der Waals surface area contributed by atoms with Gasteiger partial charge in [-0.1, -0.05) is 0 Å². The minimum absolute atomic E-state index is 0.0601. The van der Waals surface area contributed by atoms with Crippen molar-refractivity contribution in [1.29, 1.82) is 0 Å². The molecular formula is C50H50F2N6O16. The fourth-order valence-electron chi connectivity index (χ4n) is 11.5. The third kappa shape index (κ3) is 7.83. The number of likely N-dealkylation sites (N-methyl/N-ethyl adjacent to an activating group) is 2. The monoisotopic (exact) mass is 1030 g/mol. The van der Waals surface area contributed by atoms with E-state index in [0.29, 0.717) is 54.6 Å². The lowest BCUT2D eigenvalue weighted by Gasteiger charge is -2.16. The second-order valence-electron chi connectivity index (χ2n) is 19.0. The van der Waals surface area contributed by atoms with Gasteiger partial charge in [-0.05, 0) is 85.2 Å². The molecule has 3 fully saturated rings. The summed E-state index contributed by atoms with van der Waals surface area (Å²) in [6.07, 6.45) is 0.441. The van der Waals surface area contributed by atoms with E-state index in [0.717, 1.165) is 33.0 Å². The number of ether oxygens (including phenoxy) is 6. The number of esters is 3. The molecule has 0 unspecified atom stereocenters. The summed E-state index contributed by atoms with van der Waals surface area (Å²) in [4.78, 5) is 114. The van der Waals surface area contributed by atoms with Crippen LogP contribution in [0.15, 0.2) is 45.6 Å². The number of rotatable bonds is 9. The third-order valence-corrected chi connectivity index (χ3v) is 15.2. The molecule has 12 rings (SSSR count). The summed E-state index contributed by atoms with van der Waals surface area (Å²) in [6.45, 7) is 0. The quantitative estimate of drug-likeness (QED) is 0.163. The van der Waals surface area contributed by atoms with Gasteiger partial charge in [0.2, 0.25) is 5.91 Å². The van der Waals surface area contributed by atoms with Crippen LogP contribution in [0.5, 0.6) is 0 Å². The summed E-state index contributed by atoms with van der Waals surface area (Å²) < 4.78 is 65.9. The fourth-order valence-corrected chi connectivity index (χ4v) is 11.5. The molecule has 4 aromatic rings. The second kappa shape index (κ2) is 18.5. The van der Waals surface area contributed by atoms with E-state index < -0.39 is 54.0 Å². The first kappa shape index (κ1) is 49.5. The lowest BCUT2D eigenvalue weighted by Crippen LogP contribution is -2.33. The molecule has 24 heteroatoms. The van der Waals surface area contributed by atoms with Crippen molar-refractivity contribution in [3.8, 4) is 0 Å². The van der Waals surface area contributed by atoms with E-state index in [-0.39, 0.29) is 91.0 Å². The summed E-state index contributed by atoms with van der Waals surface area (Å²) in [7, 11) is 8.65. The highest BCUT2D eigenvalue weighted by Gasteiger charge is 2.57. The maximum Gasteiger partial charge on any atom is 0.419 e. The Bertz CT molecular complexity index is 3170. The van der Waals surface area contributed by atoms with Crippen LogP contribution in [-0.4, -0.2) is 124 Å². The number of halogens is 2. The van der Waals surface area contributed by atoms with Gasteiger partial charge in [0.15, 0.2) is 5.58 Å². The van der Waals surface area contributed by atoms with Crippen molar-refractivity contribution in [2.24, 2.45) is 7.05 Å². The second-order valence-corrected chi connectivity index (χ2v) is 19.0. The molecule has 74 heavy (non-hydrogen) atoms. The molecule has 8 aliphatic rings. The first-order chi connectivity index (χ1) is 35.3. The highest BCUT2D eigenvalue weighted by Crippen LogP contribution is 2.53. The molecule has 0 saturated carbocycles. The van der Waals surface area contributed by atoms with Crippen molar-refractivity contribution in [1.82, 2.24) is 4.57 Å². The van der Waals surface area contributed by atoms with Crippen LogP contribution >= 0.6 is 0 Å². The first-order valence-electron chi connectivity index (χ1n) is 23.8. The van der Waals surface area contributed by atoms with Gasteiger partial charge in [0.25, 0.3) is 0 Å². The SMILES string of the molecule is COC(=O)CC[C@@H]1OC(=O)N2c3ccc4c(c3C[C@@H]12)C(F)(F)C(=O)N4C.COC(=O)CC[C@@H]1OC(=O)N2c3ccc4c(c3C[C@@H]12)CC(=O)N4C.COC(=O)CC[C@@H]1OC(=O)N2c3ccc4c(oc(=O)n4C)c3C[C@@H]12. The summed E-state index contributed by atoms with van der Waals surface area (Å²) >= 11 is 0. The zero-order chi connectivity index (χ0) is 52.8. The minimum Gasteiger partial charge on any atom is -0.469 e. The van der Waals surface area contributed by atoms with E-state index in [1.54, 1.807) is 47.0 Å². The average Bonchev–Trinajstić information content (AvgIpc) is 4.28. The van der Waals surface area contributed by atoms with Crippen LogP contribution in [0.4, 0.5) is 51.6 Å². The minimum atomic E-state index is -3.62. The molecular weight excluding hydrogens is 979 g/mol. The van der Waals surface area contributed by atoms with Gasteiger partial charge in [0.05, 0.1) is 79.7 Å². The van der Waals surface area contributed by atoms with Crippen LogP contribution in [0.2, 0.25) is 0 Å². The van der Waals surface area contributed by atoms with Crippen LogP contribution in [0.3, 0.4) is 0 Å². The molecule has 0 bridgehead atoms. The Morgan fingerprint density at radius 1 is 0.568 bits per heavy atom. The van der Waals surface area contributed by atoms with Gasteiger partial charge in [0.1, 0.15) is 18.3 Å². The number of carbonyl (C=O) groups is 8. The number of oxazole rings is 1. The van der Waals surface area contributed by atoms with Gasteiger partial charge in [-0.2, -0.15) is 8.78 Å². The van der Waals surface area contributed by atoms with E-state index in [1.165, 1.54) is 43.9 Å². The molecule has 3 saturated heterocycles. The average molecular weight is 1030 g/mol. The van der Waals surface area contributed by atoms with Gasteiger partial charge >= 0.3 is 53.8 Å². The maximum absolute atomic E-state index is 14.5. The summed E-state index contributed by atoms with van der Waals surface area (Å²) in [5.41, 5.74) is 6.97. The van der Waals surface area contributed by atoms with E-state index in [9.17, 15) is 51.9 Å². The Morgan fingerprint density at radius 2 is 0.986 bits per heavy atom. The molecule has 22 nitrogen and oxygen atoms in total. The zero-order valence-corrected chi connectivity index (χ0v) is 41.0. The lowest BCUT2D eigenvalue weighted by molar-refractivity contribution is -0.142. The number of nitrogens with zero attached hydrogens (tertiary/aromatic N) is 6. The van der Waals surface area contributed by atoms with Crippen molar-refractivity contribution in [2.75, 3.05) is 59.9 Å². The number of carbonyl (C=O) groups excluding carboxylic acids is 8. The van der Waals surface area contributed by atoms with Crippen LogP contribution in [0.25, 0.3) is 11.1 Å². The van der Waals surface area contributed by atoms with E-state index in [1.807, 2.05) is 12.1 Å². The molecule has 1 aromatic heterocycles. The molecule has 390 valence electrons. The molecule has 5 amide bonds. The number of amides is 5. The standard InChI is InChI=1S/C17H16F2N2O5.C17H18N2O5.C16H16N2O6/c1-20-10-4-3-9-8(14(10)17(18,19)15(20)23)7-11-12(5-6-13(22)25-2)26-16(24)21(9)11;1-18-11-3-4-12-9(10(11)8-15(18)20)7-13-14(5-6-16(21)23-2)24-17(22)19(12)13;1-17-10-4-3-9-8(14(10)24-15(17)20)7-11-12(5-6-13(19)22-2)23-16(21)18(9)11/h3-4,11-12H,5-7H2,1-2H3;3-4,13-14H,5-8H2,1-2H3;3-4,11-12H,5-7H2,1-2H3/t11-,12-;13-,14-;11-,12-/m000/s1. The molecule has 0 N–H and O–H groups in total. The Labute approximate surface area is 419 Å². The van der Waals surface area contributed by atoms with Crippen LogP contribution < -0.4 is 30.3 Å². The number of hydrogen-bond acceptors (Lipinski definition) is 16. The molecule has 3 aromatic carbocycles. The van der Waals surface area contributed by atoms with Crippen LogP contribution in [0, 0.1) is 0 Å². The van der Waals surface area contributed by atoms with Gasteiger partial charge in [0, 0.05) is 58.1 Å². The Kier molecular flexibility index (Phi) is 12.4. The molecule has 0 aliphatic carbocycles. The number of benzene rings is 3. The largest absolute Gasteiger partial charge is 0.469 e. The summed E-state index contributed by atoms with van der Waals surface area (Å²) in [5, 5.41) is 0. The number of alkyl halides is 2. The fraction of sp³-hybridized carbons (Fsp3) is 0.460. The molecule has 0 spiro atoms. The van der Waals surface area contributed by atoms with E-state index in [2.05, 4.69) is 14.2 Å². The first-order valence-corrected chi connectivity index (χ1v) is 23.8. The van der Waals surface area contributed by atoms with Crippen LogP contribution in [0.1, 0.15) is 66.3 Å². The molecule has 6 atom stereocenters. The Hall–Kier alpha value is -8.05. The number of cyclic esters (lactones) is 3. The van der Waals surface area contributed by atoms with Gasteiger partial charge in [-0.3, -0.25) is 43.2 Å². The van der Waals surface area contributed by atoms with Gasteiger partial charge in [-0.15, -0.1) is 0 Å². The highest BCUT2D eigenvalue weighted by atomic mass is 19.3. The van der Waals surface area contributed by atoms with Crippen molar-refractivity contribution >= 4 is 87.5 Å². The molecule has 0 radical (unpaired) electrons. The Morgan fingerprint density at radius 3 is 1.49 bits per heavy atom. The zero-order valence-electron chi connectivity index (χ0n) is 41.0. The van der Waals surface area contributed by atoms with Crippen molar-refractivity contribution in [2.45, 2.75) is 107 Å². The maximum atomic E-state index is 14.5. The Balaban J connectivity index is 0.000000127.